The van der Waals surface area contributed by atoms with Gasteiger partial charge in [-0.25, -0.2) is 0 Å². The standard InChI is InChI=1S/C14H23F3N4O2/c1-12(2,3)13(5-4-9(18)8-19-13)10-20-21-11(23-10)22-7-6-14(15,16)17/h9,19H,4-8,18H2,1-3H3/t9-,13-/m0/s1/i/hD. The Morgan fingerprint density at radius 1 is 1.43 bits per heavy atom. The summed E-state index contributed by atoms with van der Waals surface area (Å²) in [6.07, 6.45) is -4.52. The molecule has 0 saturated carbocycles. The minimum absolute atomic E-state index is 0.122. The number of nitrogens with two attached hydrogens (primary N) is 1. The van der Waals surface area contributed by atoms with Crippen molar-refractivity contribution >= 4 is 0 Å². The van der Waals surface area contributed by atoms with Crippen LogP contribution >= 0.6 is 0 Å². The SMILES string of the molecule is [2H]N1C[C@@H](N)CC[C@]1(c1nnc(OCCC(F)(F)F)o1)C(C)(C)C. The van der Waals surface area contributed by atoms with Crippen LogP contribution in [0, 0.1) is 5.41 Å². The first-order valence-corrected chi connectivity index (χ1v) is 7.51. The third kappa shape index (κ3) is 4.14. The molecule has 3 N–H and O–H groups in total. The maximum absolute atomic E-state index is 12.2. The van der Waals surface area contributed by atoms with Gasteiger partial charge in [0.05, 0.1) is 6.42 Å². The van der Waals surface area contributed by atoms with Crippen molar-refractivity contribution in [2.45, 2.75) is 57.8 Å². The highest BCUT2D eigenvalue weighted by atomic mass is 19.4. The van der Waals surface area contributed by atoms with Crippen molar-refractivity contribution in [3.05, 3.63) is 5.89 Å². The van der Waals surface area contributed by atoms with Gasteiger partial charge in [0.25, 0.3) is 0 Å². The summed E-state index contributed by atoms with van der Waals surface area (Å²) in [7, 11) is 0. The molecule has 1 aromatic rings. The van der Waals surface area contributed by atoms with Crippen LogP contribution in [0.25, 0.3) is 0 Å². The highest BCUT2D eigenvalue weighted by Crippen LogP contribution is 2.44. The number of nitrogens with one attached hydrogen (secondary N) is 1. The predicted octanol–water partition coefficient (Wildman–Crippen LogP) is 2.35. The number of hydrogen-bond acceptors (Lipinski definition) is 6. The van der Waals surface area contributed by atoms with Crippen molar-refractivity contribution in [2.24, 2.45) is 11.1 Å². The van der Waals surface area contributed by atoms with E-state index in [4.69, 9.17) is 16.3 Å². The quantitative estimate of drug-likeness (QED) is 0.877. The molecule has 0 amide bonds. The molecule has 0 aliphatic carbocycles. The Morgan fingerprint density at radius 3 is 2.70 bits per heavy atom. The predicted molar refractivity (Wildman–Crippen MR) is 76.8 cm³/mol. The van der Waals surface area contributed by atoms with Crippen molar-refractivity contribution < 1.29 is 23.7 Å². The van der Waals surface area contributed by atoms with E-state index in [-0.39, 0.29) is 18.0 Å². The van der Waals surface area contributed by atoms with Gasteiger partial charge in [-0.1, -0.05) is 25.9 Å². The van der Waals surface area contributed by atoms with Crippen molar-refractivity contribution in [3.63, 3.8) is 0 Å². The van der Waals surface area contributed by atoms with Crippen molar-refractivity contribution in [2.75, 3.05) is 13.2 Å². The zero-order valence-corrected chi connectivity index (χ0v) is 13.5. The van der Waals surface area contributed by atoms with E-state index in [1.807, 2.05) is 20.8 Å². The monoisotopic (exact) mass is 337 g/mol. The minimum Gasteiger partial charge on any atom is -0.449 e. The van der Waals surface area contributed by atoms with Crippen LogP contribution in [0.5, 0.6) is 6.08 Å². The molecular formula is C14H23F3N4O2. The molecular weight excluding hydrogens is 313 g/mol. The van der Waals surface area contributed by atoms with Crippen LogP contribution in [0.1, 0.15) is 45.9 Å². The Bertz CT molecular complexity index is 561. The van der Waals surface area contributed by atoms with E-state index in [1.165, 1.54) is 5.31 Å². The average molecular weight is 337 g/mol. The van der Waals surface area contributed by atoms with Crippen LogP contribution in [0.15, 0.2) is 4.42 Å². The Morgan fingerprint density at radius 2 is 2.13 bits per heavy atom. The van der Waals surface area contributed by atoms with Gasteiger partial charge in [0, 0.05) is 12.6 Å². The molecule has 0 radical (unpaired) electrons. The fourth-order valence-electron chi connectivity index (χ4n) is 2.63. The van der Waals surface area contributed by atoms with Gasteiger partial charge in [-0.2, -0.15) is 13.2 Å². The lowest BCUT2D eigenvalue weighted by Crippen LogP contribution is -2.59. The van der Waals surface area contributed by atoms with E-state index in [0.29, 0.717) is 19.4 Å². The van der Waals surface area contributed by atoms with E-state index in [0.717, 1.165) is 0 Å². The normalized spacial score (nSPS) is 27.8. The topological polar surface area (TPSA) is 86.2 Å². The van der Waals surface area contributed by atoms with Crippen molar-refractivity contribution in [1.29, 1.82) is 0 Å². The van der Waals surface area contributed by atoms with E-state index >= 15 is 0 Å². The Labute approximate surface area is 134 Å². The number of ether oxygens (including phenoxy) is 1. The Hall–Kier alpha value is -1.35. The van der Waals surface area contributed by atoms with Crippen molar-refractivity contribution in [1.82, 2.24) is 15.5 Å². The maximum Gasteiger partial charge on any atom is 0.414 e. The molecule has 2 atom stereocenters. The largest absolute Gasteiger partial charge is 0.449 e. The van der Waals surface area contributed by atoms with Crippen LogP contribution in [0.2, 0.25) is 1.41 Å². The van der Waals surface area contributed by atoms with Gasteiger partial charge in [0.1, 0.15) is 13.6 Å². The van der Waals surface area contributed by atoms with Gasteiger partial charge >= 0.3 is 12.3 Å². The number of piperidine rings is 1. The molecule has 9 heteroatoms. The third-order valence-corrected chi connectivity index (χ3v) is 4.08. The van der Waals surface area contributed by atoms with Crippen LogP contribution in [-0.4, -0.2) is 35.6 Å². The van der Waals surface area contributed by atoms with E-state index in [1.54, 1.807) is 0 Å². The number of halogens is 3. The lowest BCUT2D eigenvalue weighted by molar-refractivity contribution is -0.140. The van der Waals surface area contributed by atoms with Crippen LogP contribution in [-0.2, 0) is 5.54 Å². The summed E-state index contributed by atoms with van der Waals surface area (Å²) in [5.74, 6) is 0.166. The second kappa shape index (κ2) is 6.27. The molecule has 2 rings (SSSR count). The van der Waals surface area contributed by atoms with E-state index in [9.17, 15) is 13.2 Å². The van der Waals surface area contributed by atoms with Crippen molar-refractivity contribution in [3.8, 4) is 6.08 Å². The van der Waals surface area contributed by atoms with Gasteiger partial charge in [-0.3, -0.25) is 0 Å². The Balaban J connectivity index is 2.20. The first kappa shape index (κ1) is 16.5. The average Bonchev–Trinajstić information content (AvgIpc) is 2.85. The van der Waals surface area contributed by atoms with Gasteiger partial charge < -0.3 is 20.2 Å². The molecule has 0 spiro atoms. The number of rotatable bonds is 4. The molecule has 23 heavy (non-hydrogen) atoms. The summed E-state index contributed by atoms with van der Waals surface area (Å²) < 4.78 is 55.2. The zero-order valence-electron chi connectivity index (χ0n) is 14.5. The number of alkyl halides is 3. The van der Waals surface area contributed by atoms with Gasteiger partial charge in [-0.15, -0.1) is 5.10 Å². The van der Waals surface area contributed by atoms with Gasteiger partial charge in [0.2, 0.25) is 5.89 Å². The second-order valence-corrected chi connectivity index (χ2v) is 6.84. The molecule has 0 unspecified atom stereocenters. The molecule has 0 bridgehead atoms. The lowest BCUT2D eigenvalue weighted by atomic mass is 9.68. The first-order chi connectivity index (χ1) is 11.0. The number of hydrogen-bond donors (Lipinski definition) is 2. The molecule has 1 aromatic heterocycles. The smallest absolute Gasteiger partial charge is 0.414 e. The summed E-state index contributed by atoms with van der Waals surface area (Å²) in [5, 5.41) is 8.96. The van der Waals surface area contributed by atoms with Crippen LogP contribution < -0.4 is 15.8 Å². The molecule has 1 saturated heterocycles. The summed E-state index contributed by atoms with van der Waals surface area (Å²) in [6.45, 7) is 5.58. The molecule has 1 aliphatic heterocycles. The molecule has 0 aromatic carbocycles. The zero-order chi connectivity index (χ0) is 18.2. The van der Waals surface area contributed by atoms with E-state index < -0.39 is 30.2 Å². The fourth-order valence-corrected chi connectivity index (χ4v) is 2.63. The number of aromatic nitrogens is 2. The Kier molecular flexibility index (Phi) is 4.50. The summed E-state index contributed by atoms with van der Waals surface area (Å²) in [4.78, 5) is 0. The minimum atomic E-state index is -4.31. The number of nitrogens with zero attached hydrogens (tertiary/aromatic N) is 2. The van der Waals surface area contributed by atoms with E-state index in [2.05, 4.69) is 10.2 Å². The second-order valence-electron chi connectivity index (χ2n) is 6.84. The fraction of sp³-hybridized carbons (Fsp3) is 0.857. The van der Waals surface area contributed by atoms with Gasteiger partial charge in [-0.05, 0) is 18.3 Å². The third-order valence-electron chi connectivity index (χ3n) is 4.08. The molecule has 6 nitrogen and oxygen atoms in total. The first-order valence-electron chi connectivity index (χ1n) is 7.96. The summed E-state index contributed by atoms with van der Waals surface area (Å²) in [6, 6.07) is -0.122. The summed E-state index contributed by atoms with van der Waals surface area (Å²) in [5.41, 5.74) is 4.62. The maximum atomic E-state index is 12.2. The molecule has 132 valence electrons. The van der Waals surface area contributed by atoms with Gasteiger partial charge in [0.15, 0.2) is 0 Å². The highest BCUT2D eigenvalue weighted by Gasteiger charge is 2.49. The molecule has 2 heterocycles. The van der Waals surface area contributed by atoms with Crippen LogP contribution in [0.4, 0.5) is 13.2 Å². The highest BCUT2D eigenvalue weighted by molar-refractivity contribution is 5.12. The molecule has 1 fully saturated rings. The summed E-state index contributed by atoms with van der Waals surface area (Å²) >= 11 is 0. The molecule has 1 aliphatic rings. The van der Waals surface area contributed by atoms with Crippen LogP contribution in [0.3, 0.4) is 0 Å². The lowest BCUT2D eigenvalue weighted by Gasteiger charge is -2.46.